The number of unbranched alkanes of at least 4 members (excludes halogenated alkanes) is 1. The molecule has 5 heteroatoms. The van der Waals surface area contributed by atoms with Crippen molar-refractivity contribution in [3.8, 4) is 0 Å². The van der Waals surface area contributed by atoms with Crippen LogP contribution in [-0.2, 0) is 13.1 Å². The number of urea groups is 1. The minimum atomic E-state index is -0.930. The molecule has 114 valence electrons. The van der Waals surface area contributed by atoms with E-state index in [1.165, 1.54) is 0 Å². The van der Waals surface area contributed by atoms with Crippen molar-refractivity contribution in [2.24, 2.45) is 0 Å². The summed E-state index contributed by atoms with van der Waals surface area (Å²) in [5, 5.41) is 9.03. The van der Waals surface area contributed by atoms with E-state index in [9.17, 15) is 9.59 Å². The number of carbonyl (C=O) groups excluding carboxylic acids is 1. The van der Waals surface area contributed by atoms with Crippen LogP contribution in [0.1, 0.15) is 48.2 Å². The molecule has 0 bridgehead atoms. The largest absolute Gasteiger partial charge is 0.478 e. The van der Waals surface area contributed by atoms with Crippen molar-refractivity contribution in [2.45, 2.75) is 39.8 Å². The van der Waals surface area contributed by atoms with Crippen molar-refractivity contribution in [1.29, 1.82) is 0 Å². The first-order valence-electron chi connectivity index (χ1n) is 7.45. The van der Waals surface area contributed by atoms with E-state index in [-0.39, 0.29) is 11.6 Å². The summed E-state index contributed by atoms with van der Waals surface area (Å²) in [6.07, 6.45) is 2.06. The molecule has 0 unspecified atom stereocenters. The van der Waals surface area contributed by atoms with Crippen molar-refractivity contribution in [1.82, 2.24) is 9.80 Å². The monoisotopic (exact) mass is 290 g/mol. The Hall–Kier alpha value is -2.04. The van der Waals surface area contributed by atoms with E-state index in [1.807, 2.05) is 17.9 Å². The Morgan fingerprint density at radius 2 is 1.95 bits per heavy atom. The van der Waals surface area contributed by atoms with Gasteiger partial charge in [0.25, 0.3) is 0 Å². The predicted octanol–water partition coefficient (Wildman–Crippen LogP) is 2.94. The van der Waals surface area contributed by atoms with Crippen LogP contribution in [0.15, 0.2) is 18.2 Å². The topological polar surface area (TPSA) is 60.9 Å². The third-order valence-corrected chi connectivity index (χ3v) is 3.88. The lowest BCUT2D eigenvalue weighted by Crippen LogP contribution is -2.40. The van der Waals surface area contributed by atoms with Crippen molar-refractivity contribution in [3.63, 3.8) is 0 Å². The van der Waals surface area contributed by atoms with E-state index in [2.05, 4.69) is 6.92 Å². The number of hydrogen-bond acceptors (Lipinski definition) is 2. The minimum absolute atomic E-state index is 0.0408. The highest BCUT2D eigenvalue weighted by Gasteiger charge is 2.26. The lowest BCUT2D eigenvalue weighted by atomic mass is 10.1. The molecule has 0 saturated heterocycles. The third kappa shape index (κ3) is 3.35. The van der Waals surface area contributed by atoms with Gasteiger partial charge in [0, 0.05) is 26.2 Å². The molecule has 0 aliphatic carbocycles. The maximum absolute atomic E-state index is 12.5. The summed E-state index contributed by atoms with van der Waals surface area (Å²) in [4.78, 5) is 27.1. The van der Waals surface area contributed by atoms with E-state index in [0.29, 0.717) is 19.6 Å². The van der Waals surface area contributed by atoms with Crippen LogP contribution in [0.25, 0.3) is 0 Å². The second-order valence-corrected chi connectivity index (χ2v) is 5.36. The van der Waals surface area contributed by atoms with Gasteiger partial charge >= 0.3 is 12.0 Å². The summed E-state index contributed by atoms with van der Waals surface area (Å²) >= 11 is 0. The highest BCUT2D eigenvalue weighted by atomic mass is 16.4. The van der Waals surface area contributed by atoms with Crippen LogP contribution in [0.4, 0.5) is 4.79 Å². The molecule has 0 radical (unpaired) electrons. The van der Waals surface area contributed by atoms with E-state index in [0.717, 1.165) is 30.5 Å². The molecule has 1 aromatic rings. The molecule has 5 nitrogen and oxygen atoms in total. The summed E-state index contributed by atoms with van der Waals surface area (Å²) in [5.41, 5.74) is 2.26. The average Bonchev–Trinajstić information content (AvgIpc) is 2.90. The highest BCUT2D eigenvalue weighted by molar-refractivity contribution is 5.88. The number of nitrogens with zero attached hydrogens (tertiary/aromatic N) is 2. The first kappa shape index (κ1) is 15.4. The summed E-state index contributed by atoms with van der Waals surface area (Å²) in [6.45, 7) is 6.64. The Kier molecular flexibility index (Phi) is 4.83. The number of carbonyl (C=O) groups is 2. The molecular weight excluding hydrogens is 268 g/mol. The molecule has 1 N–H and O–H groups in total. The second kappa shape index (κ2) is 6.61. The highest BCUT2D eigenvalue weighted by Crippen LogP contribution is 2.25. The summed E-state index contributed by atoms with van der Waals surface area (Å²) in [6, 6.07) is 5.13. The SMILES string of the molecule is CCCCN(CC)C(=O)N1Cc2ccc(C(=O)O)cc2C1. The van der Waals surface area contributed by atoms with Gasteiger partial charge in [-0.05, 0) is 36.6 Å². The first-order chi connectivity index (χ1) is 10.1. The van der Waals surface area contributed by atoms with Gasteiger partial charge in [0.15, 0.2) is 0 Å². The molecule has 0 aromatic heterocycles. The van der Waals surface area contributed by atoms with Crippen molar-refractivity contribution < 1.29 is 14.7 Å². The number of amides is 2. The zero-order chi connectivity index (χ0) is 15.4. The second-order valence-electron chi connectivity index (χ2n) is 5.36. The zero-order valence-corrected chi connectivity index (χ0v) is 12.6. The van der Waals surface area contributed by atoms with Gasteiger partial charge in [-0.25, -0.2) is 9.59 Å². The summed E-state index contributed by atoms with van der Waals surface area (Å²) in [7, 11) is 0. The quantitative estimate of drug-likeness (QED) is 0.907. The van der Waals surface area contributed by atoms with Crippen LogP contribution in [0.5, 0.6) is 0 Å². The van der Waals surface area contributed by atoms with Crippen LogP contribution < -0.4 is 0 Å². The number of aromatic carboxylic acids is 1. The lowest BCUT2D eigenvalue weighted by molar-refractivity contribution is 0.0696. The van der Waals surface area contributed by atoms with Gasteiger partial charge in [0.2, 0.25) is 0 Å². The summed E-state index contributed by atoms with van der Waals surface area (Å²) < 4.78 is 0. The standard InChI is InChI=1S/C16H22N2O3/c1-3-5-8-17(4-2)16(21)18-10-13-7-6-12(15(19)20)9-14(13)11-18/h6-7,9H,3-5,8,10-11H2,1-2H3,(H,19,20). The number of rotatable bonds is 5. The molecule has 21 heavy (non-hydrogen) atoms. The van der Waals surface area contributed by atoms with Gasteiger partial charge in [-0.15, -0.1) is 0 Å². The van der Waals surface area contributed by atoms with Gasteiger partial charge < -0.3 is 14.9 Å². The minimum Gasteiger partial charge on any atom is -0.478 e. The Labute approximate surface area is 125 Å². The maximum atomic E-state index is 12.5. The molecule has 0 saturated carbocycles. The van der Waals surface area contributed by atoms with Crippen molar-refractivity contribution in [3.05, 3.63) is 34.9 Å². The Bertz CT molecular complexity index is 542. The van der Waals surface area contributed by atoms with Gasteiger partial charge in [0.1, 0.15) is 0 Å². The lowest BCUT2D eigenvalue weighted by Gasteiger charge is -2.26. The molecular formula is C16H22N2O3. The number of benzene rings is 1. The third-order valence-electron chi connectivity index (χ3n) is 3.88. The molecule has 1 aliphatic rings. The fraction of sp³-hybridized carbons (Fsp3) is 0.500. The molecule has 0 spiro atoms. The molecule has 2 rings (SSSR count). The number of fused-ring (bicyclic) bond motifs is 1. The number of carboxylic acid groups (broad SMARTS) is 1. The molecule has 1 aromatic carbocycles. The Morgan fingerprint density at radius 3 is 2.57 bits per heavy atom. The maximum Gasteiger partial charge on any atom is 0.335 e. The van der Waals surface area contributed by atoms with Gasteiger partial charge in [-0.2, -0.15) is 0 Å². The van der Waals surface area contributed by atoms with Crippen molar-refractivity contribution >= 4 is 12.0 Å². The molecule has 0 atom stereocenters. The van der Waals surface area contributed by atoms with Crippen LogP contribution in [0.2, 0.25) is 0 Å². The molecule has 1 heterocycles. The van der Waals surface area contributed by atoms with Gasteiger partial charge in [-0.3, -0.25) is 0 Å². The van der Waals surface area contributed by atoms with Crippen LogP contribution >= 0.6 is 0 Å². The Balaban J connectivity index is 2.07. The summed E-state index contributed by atoms with van der Waals surface area (Å²) in [5.74, 6) is -0.930. The molecule has 1 aliphatic heterocycles. The van der Waals surface area contributed by atoms with Crippen molar-refractivity contribution in [2.75, 3.05) is 13.1 Å². The van der Waals surface area contributed by atoms with Gasteiger partial charge in [0.05, 0.1) is 5.56 Å². The van der Waals surface area contributed by atoms with Crippen LogP contribution in [0, 0.1) is 0 Å². The molecule has 0 fully saturated rings. The van der Waals surface area contributed by atoms with Crippen LogP contribution in [-0.4, -0.2) is 40.0 Å². The van der Waals surface area contributed by atoms with E-state index in [1.54, 1.807) is 17.0 Å². The van der Waals surface area contributed by atoms with Crippen LogP contribution in [0.3, 0.4) is 0 Å². The van der Waals surface area contributed by atoms with E-state index >= 15 is 0 Å². The van der Waals surface area contributed by atoms with E-state index in [4.69, 9.17) is 5.11 Å². The fourth-order valence-corrected chi connectivity index (χ4v) is 2.60. The molecule has 2 amide bonds. The normalized spacial score (nSPS) is 13.1. The first-order valence-corrected chi connectivity index (χ1v) is 7.45. The fourth-order valence-electron chi connectivity index (χ4n) is 2.60. The smallest absolute Gasteiger partial charge is 0.335 e. The van der Waals surface area contributed by atoms with Gasteiger partial charge in [-0.1, -0.05) is 19.4 Å². The number of hydrogen-bond donors (Lipinski definition) is 1. The van der Waals surface area contributed by atoms with E-state index < -0.39 is 5.97 Å². The zero-order valence-electron chi connectivity index (χ0n) is 12.6. The Morgan fingerprint density at radius 1 is 1.24 bits per heavy atom. The number of carboxylic acids is 1. The average molecular weight is 290 g/mol. The predicted molar refractivity (Wildman–Crippen MR) is 80.2 cm³/mol.